The fourth-order valence-electron chi connectivity index (χ4n) is 2.51. The molecule has 0 saturated carbocycles. The Hall–Kier alpha value is -2.11. The van der Waals surface area contributed by atoms with Crippen LogP contribution in [0, 0.1) is 0 Å². The molecule has 24 heavy (non-hydrogen) atoms. The van der Waals surface area contributed by atoms with Crippen LogP contribution in [0.2, 0.25) is 5.02 Å². The van der Waals surface area contributed by atoms with Crippen molar-refractivity contribution in [3.8, 4) is 11.4 Å². The summed E-state index contributed by atoms with van der Waals surface area (Å²) in [5.74, 6) is 0.852. The van der Waals surface area contributed by atoms with Gasteiger partial charge in [-0.15, -0.1) is 10.2 Å². The number of hydrogen-bond acceptors (Lipinski definition) is 4. The second-order valence-electron chi connectivity index (χ2n) is 5.49. The van der Waals surface area contributed by atoms with Crippen molar-refractivity contribution < 1.29 is 4.74 Å². The number of hydrogen-bond donors (Lipinski definition) is 0. The van der Waals surface area contributed by atoms with Crippen molar-refractivity contribution in [3.05, 3.63) is 47.5 Å². The molecule has 1 aromatic heterocycles. The van der Waals surface area contributed by atoms with Crippen LogP contribution < -0.4 is 4.74 Å². The number of aromatic nitrogens is 3. The van der Waals surface area contributed by atoms with E-state index in [4.69, 9.17) is 16.3 Å². The molecule has 0 spiro atoms. The molecule has 126 valence electrons. The lowest BCUT2D eigenvalue weighted by molar-refractivity contribution is 0.223. The third-order valence-corrected chi connectivity index (χ3v) is 4.22. The fourth-order valence-corrected chi connectivity index (χ4v) is 2.68. The van der Waals surface area contributed by atoms with Crippen LogP contribution in [0.5, 0.6) is 5.75 Å². The molecule has 0 radical (unpaired) electrons. The monoisotopic (exact) mass is 344 g/mol. The Morgan fingerprint density at radius 3 is 2.42 bits per heavy atom. The molecule has 3 aromatic rings. The van der Waals surface area contributed by atoms with Crippen LogP contribution in [0.25, 0.3) is 16.7 Å². The maximum Gasteiger partial charge on any atom is 0.119 e. The van der Waals surface area contributed by atoms with Crippen LogP contribution in [-0.4, -0.2) is 46.1 Å². The van der Waals surface area contributed by atoms with Gasteiger partial charge in [0.25, 0.3) is 0 Å². The Kier molecular flexibility index (Phi) is 5.33. The molecule has 1 heterocycles. The van der Waals surface area contributed by atoms with E-state index < -0.39 is 0 Å². The topological polar surface area (TPSA) is 43.2 Å². The van der Waals surface area contributed by atoms with Crippen LogP contribution in [0.15, 0.2) is 42.5 Å². The SMILES string of the molecule is CCN(CC)CCOc1ccc(-n2nc3ccc(Cl)cc3n2)cc1. The summed E-state index contributed by atoms with van der Waals surface area (Å²) in [5, 5.41) is 9.57. The molecule has 0 aliphatic rings. The molecule has 0 saturated heterocycles. The first kappa shape index (κ1) is 16.7. The van der Waals surface area contributed by atoms with Crippen LogP contribution in [-0.2, 0) is 0 Å². The smallest absolute Gasteiger partial charge is 0.119 e. The highest BCUT2D eigenvalue weighted by molar-refractivity contribution is 6.31. The number of fused-ring (bicyclic) bond motifs is 1. The number of nitrogens with zero attached hydrogens (tertiary/aromatic N) is 4. The van der Waals surface area contributed by atoms with E-state index in [-0.39, 0.29) is 0 Å². The minimum Gasteiger partial charge on any atom is -0.492 e. The summed E-state index contributed by atoms with van der Waals surface area (Å²) in [6.45, 7) is 8.02. The van der Waals surface area contributed by atoms with E-state index in [1.54, 1.807) is 4.80 Å². The van der Waals surface area contributed by atoms with E-state index in [2.05, 4.69) is 28.9 Å². The van der Waals surface area contributed by atoms with Gasteiger partial charge in [0, 0.05) is 11.6 Å². The zero-order valence-corrected chi connectivity index (χ0v) is 14.7. The van der Waals surface area contributed by atoms with Gasteiger partial charge in [-0.3, -0.25) is 0 Å². The average Bonchev–Trinajstić information content (AvgIpc) is 3.02. The molecule has 0 N–H and O–H groups in total. The molecule has 6 heteroatoms. The number of halogens is 1. The Bertz CT molecular complexity index is 796. The van der Waals surface area contributed by atoms with Crippen molar-refractivity contribution in [3.63, 3.8) is 0 Å². The van der Waals surface area contributed by atoms with Gasteiger partial charge in [-0.1, -0.05) is 25.4 Å². The molecule has 0 aliphatic heterocycles. The highest BCUT2D eigenvalue weighted by Gasteiger charge is 2.06. The molecule has 0 atom stereocenters. The number of ether oxygens (including phenoxy) is 1. The van der Waals surface area contributed by atoms with E-state index in [0.717, 1.165) is 42.1 Å². The third kappa shape index (κ3) is 3.86. The van der Waals surface area contributed by atoms with Gasteiger partial charge < -0.3 is 9.64 Å². The Morgan fingerprint density at radius 1 is 1.00 bits per heavy atom. The van der Waals surface area contributed by atoms with Crippen LogP contribution in [0.3, 0.4) is 0 Å². The molecule has 0 fully saturated rings. The second-order valence-corrected chi connectivity index (χ2v) is 5.93. The largest absolute Gasteiger partial charge is 0.492 e. The molecule has 0 amide bonds. The van der Waals surface area contributed by atoms with Crippen molar-refractivity contribution in [2.24, 2.45) is 0 Å². The molecular formula is C18H21ClN4O. The van der Waals surface area contributed by atoms with Crippen molar-refractivity contribution in [1.82, 2.24) is 19.9 Å². The summed E-state index contributed by atoms with van der Waals surface area (Å²) >= 11 is 5.99. The van der Waals surface area contributed by atoms with E-state index in [1.807, 2.05) is 42.5 Å². The van der Waals surface area contributed by atoms with Gasteiger partial charge in [-0.25, -0.2) is 0 Å². The Balaban J connectivity index is 1.67. The molecule has 3 rings (SSSR count). The van der Waals surface area contributed by atoms with E-state index in [9.17, 15) is 0 Å². The molecular weight excluding hydrogens is 324 g/mol. The first-order chi connectivity index (χ1) is 11.7. The quantitative estimate of drug-likeness (QED) is 0.654. The molecule has 0 bridgehead atoms. The van der Waals surface area contributed by atoms with Gasteiger partial charge in [-0.05, 0) is 55.6 Å². The van der Waals surface area contributed by atoms with Gasteiger partial charge in [-0.2, -0.15) is 4.80 Å². The van der Waals surface area contributed by atoms with Crippen molar-refractivity contribution in [1.29, 1.82) is 0 Å². The fraction of sp³-hybridized carbons (Fsp3) is 0.333. The lowest BCUT2D eigenvalue weighted by Gasteiger charge is -2.18. The number of likely N-dealkylation sites (N-methyl/N-ethyl adjacent to an activating group) is 1. The van der Waals surface area contributed by atoms with Crippen molar-refractivity contribution in [2.75, 3.05) is 26.2 Å². The highest BCUT2D eigenvalue weighted by Crippen LogP contribution is 2.19. The Labute approximate surface area is 146 Å². The first-order valence-electron chi connectivity index (χ1n) is 8.17. The highest BCUT2D eigenvalue weighted by atomic mass is 35.5. The van der Waals surface area contributed by atoms with Gasteiger partial charge in [0.1, 0.15) is 23.4 Å². The van der Waals surface area contributed by atoms with Crippen molar-refractivity contribution in [2.45, 2.75) is 13.8 Å². The molecule has 0 aliphatic carbocycles. The Morgan fingerprint density at radius 2 is 1.71 bits per heavy atom. The summed E-state index contributed by atoms with van der Waals surface area (Å²) < 4.78 is 5.80. The molecule has 2 aromatic carbocycles. The van der Waals surface area contributed by atoms with E-state index in [0.29, 0.717) is 11.6 Å². The van der Waals surface area contributed by atoms with Gasteiger partial charge in [0.15, 0.2) is 0 Å². The lowest BCUT2D eigenvalue weighted by Crippen LogP contribution is -2.27. The molecule has 0 unspecified atom stereocenters. The summed E-state index contributed by atoms with van der Waals surface area (Å²) in [6, 6.07) is 13.3. The minimum atomic E-state index is 0.659. The van der Waals surface area contributed by atoms with Gasteiger partial charge in [0.05, 0.1) is 5.69 Å². The third-order valence-electron chi connectivity index (χ3n) is 3.98. The second kappa shape index (κ2) is 7.64. The van der Waals surface area contributed by atoms with E-state index in [1.165, 1.54) is 0 Å². The zero-order valence-electron chi connectivity index (χ0n) is 13.9. The summed E-state index contributed by atoms with van der Waals surface area (Å²) in [5.41, 5.74) is 2.49. The number of rotatable bonds is 7. The average molecular weight is 345 g/mol. The normalized spacial score (nSPS) is 11.3. The maximum atomic E-state index is 5.99. The first-order valence-corrected chi connectivity index (χ1v) is 8.55. The van der Waals surface area contributed by atoms with Crippen LogP contribution >= 0.6 is 11.6 Å². The summed E-state index contributed by atoms with van der Waals surface area (Å²) in [7, 11) is 0. The number of benzene rings is 2. The van der Waals surface area contributed by atoms with E-state index >= 15 is 0 Å². The summed E-state index contributed by atoms with van der Waals surface area (Å²) in [4.78, 5) is 3.94. The molecule has 5 nitrogen and oxygen atoms in total. The van der Waals surface area contributed by atoms with Gasteiger partial charge in [0.2, 0.25) is 0 Å². The maximum absolute atomic E-state index is 5.99. The minimum absolute atomic E-state index is 0.659. The lowest BCUT2D eigenvalue weighted by atomic mass is 10.3. The van der Waals surface area contributed by atoms with Gasteiger partial charge >= 0.3 is 0 Å². The standard InChI is InChI=1S/C18H21ClN4O/c1-3-22(4-2)11-12-24-16-8-6-15(7-9-16)23-20-17-10-5-14(19)13-18(17)21-23/h5-10,13H,3-4,11-12H2,1-2H3. The predicted molar refractivity (Wildman–Crippen MR) is 97.2 cm³/mol. The summed E-state index contributed by atoms with van der Waals surface area (Å²) in [6.07, 6.45) is 0. The van der Waals surface area contributed by atoms with Crippen LogP contribution in [0.1, 0.15) is 13.8 Å². The van der Waals surface area contributed by atoms with Crippen LogP contribution in [0.4, 0.5) is 0 Å². The zero-order chi connectivity index (χ0) is 16.9. The predicted octanol–water partition coefficient (Wildman–Crippen LogP) is 3.79. The van der Waals surface area contributed by atoms with Crippen molar-refractivity contribution >= 4 is 22.6 Å².